The first-order chi connectivity index (χ1) is 8.36. The van der Waals surface area contributed by atoms with Gasteiger partial charge in [-0.3, -0.25) is 4.79 Å². The van der Waals surface area contributed by atoms with Crippen molar-refractivity contribution in [1.29, 1.82) is 5.26 Å². The molecule has 1 aromatic carbocycles. The maximum Gasteiger partial charge on any atom is 0.251 e. The average molecular weight is 245 g/mol. The number of hydrogen-bond acceptors (Lipinski definition) is 3. The lowest BCUT2D eigenvalue weighted by atomic mass is 10.0. The van der Waals surface area contributed by atoms with Gasteiger partial charge in [-0.15, -0.1) is 0 Å². The van der Waals surface area contributed by atoms with E-state index in [1.807, 2.05) is 20.2 Å². The van der Waals surface area contributed by atoms with Gasteiger partial charge in [0.05, 0.1) is 11.6 Å². The van der Waals surface area contributed by atoms with Crippen LogP contribution in [-0.4, -0.2) is 37.0 Å². The zero-order chi connectivity index (χ0) is 13.8. The zero-order valence-electron chi connectivity index (χ0n) is 11.3. The van der Waals surface area contributed by atoms with Crippen LogP contribution in [0, 0.1) is 11.3 Å². The van der Waals surface area contributed by atoms with E-state index in [0.717, 1.165) is 0 Å². The molecule has 18 heavy (non-hydrogen) atoms. The SMILES string of the molecule is CN(C)C(C)(C)CNC(=O)c1ccc(C#N)cc1. The van der Waals surface area contributed by atoms with Crippen LogP contribution < -0.4 is 5.32 Å². The summed E-state index contributed by atoms with van der Waals surface area (Å²) in [6, 6.07) is 8.64. The molecule has 0 radical (unpaired) electrons. The normalized spacial score (nSPS) is 11.1. The number of carbonyl (C=O) groups excluding carboxylic acids is 1. The minimum atomic E-state index is -0.116. The van der Waals surface area contributed by atoms with Crippen molar-refractivity contribution in [2.45, 2.75) is 19.4 Å². The number of hydrogen-bond donors (Lipinski definition) is 1. The highest BCUT2D eigenvalue weighted by molar-refractivity contribution is 5.94. The average Bonchev–Trinajstić information content (AvgIpc) is 2.36. The predicted molar refractivity (Wildman–Crippen MR) is 71.3 cm³/mol. The quantitative estimate of drug-likeness (QED) is 0.877. The molecule has 0 atom stereocenters. The van der Waals surface area contributed by atoms with Crippen LogP contribution in [0.3, 0.4) is 0 Å². The van der Waals surface area contributed by atoms with Crippen molar-refractivity contribution in [3.8, 4) is 6.07 Å². The van der Waals surface area contributed by atoms with E-state index >= 15 is 0 Å². The summed E-state index contributed by atoms with van der Waals surface area (Å²) in [4.78, 5) is 14.0. The fourth-order valence-electron chi connectivity index (χ4n) is 1.25. The van der Waals surface area contributed by atoms with Gasteiger partial charge < -0.3 is 10.2 Å². The standard InChI is InChI=1S/C14H19N3O/c1-14(2,17(3)4)10-16-13(18)12-7-5-11(9-15)6-8-12/h5-8H,10H2,1-4H3,(H,16,18). The monoisotopic (exact) mass is 245 g/mol. The summed E-state index contributed by atoms with van der Waals surface area (Å²) in [7, 11) is 3.96. The summed E-state index contributed by atoms with van der Waals surface area (Å²) in [5.41, 5.74) is 1.03. The molecule has 4 nitrogen and oxygen atoms in total. The number of carbonyl (C=O) groups is 1. The summed E-state index contributed by atoms with van der Waals surface area (Å²) >= 11 is 0. The summed E-state index contributed by atoms with van der Waals surface area (Å²) in [6.07, 6.45) is 0. The second-order valence-electron chi connectivity index (χ2n) is 5.08. The van der Waals surface area contributed by atoms with E-state index in [0.29, 0.717) is 17.7 Å². The van der Waals surface area contributed by atoms with Crippen molar-refractivity contribution in [2.75, 3.05) is 20.6 Å². The number of benzene rings is 1. The van der Waals surface area contributed by atoms with Crippen LogP contribution in [0.5, 0.6) is 0 Å². The molecule has 0 saturated carbocycles. The van der Waals surface area contributed by atoms with Crippen molar-refractivity contribution in [1.82, 2.24) is 10.2 Å². The molecule has 0 aliphatic heterocycles. The number of nitriles is 1. The van der Waals surface area contributed by atoms with Gasteiger partial charge >= 0.3 is 0 Å². The second kappa shape index (κ2) is 5.65. The van der Waals surface area contributed by atoms with Crippen LogP contribution in [0.15, 0.2) is 24.3 Å². The molecule has 1 rings (SSSR count). The van der Waals surface area contributed by atoms with E-state index in [1.54, 1.807) is 24.3 Å². The molecule has 0 heterocycles. The first-order valence-electron chi connectivity index (χ1n) is 5.82. The Hall–Kier alpha value is -1.86. The first-order valence-corrected chi connectivity index (χ1v) is 5.82. The molecule has 0 aliphatic carbocycles. The van der Waals surface area contributed by atoms with E-state index in [9.17, 15) is 4.79 Å². The number of rotatable bonds is 4. The molecule has 1 amide bonds. The number of amides is 1. The predicted octanol–water partition coefficient (Wildman–Crippen LogP) is 1.63. The van der Waals surface area contributed by atoms with Crippen LogP contribution in [0.25, 0.3) is 0 Å². The molecule has 0 aromatic heterocycles. The summed E-state index contributed by atoms with van der Waals surface area (Å²) in [5, 5.41) is 11.6. The van der Waals surface area contributed by atoms with Crippen molar-refractivity contribution in [3.05, 3.63) is 35.4 Å². The number of nitrogens with zero attached hydrogens (tertiary/aromatic N) is 2. The van der Waals surface area contributed by atoms with Crippen molar-refractivity contribution in [2.24, 2.45) is 0 Å². The molecule has 0 saturated heterocycles. The molecular formula is C14H19N3O. The number of likely N-dealkylation sites (N-methyl/N-ethyl adjacent to an activating group) is 1. The molecule has 0 fully saturated rings. The Balaban J connectivity index is 2.63. The Morgan fingerprint density at radius 3 is 2.33 bits per heavy atom. The fourth-order valence-corrected chi connectivity index (χ4v) is 1.25. The highest BCUT2D eigenvalue weighted by atomic mass is 16.1. The van der Waals surface area contributed by atoms with Crippen LogP contribution in [0.4, 0.5) is 0 Å². The maximum absolute atomic E-state index is 11.9. The molecule has 0 unspecified atom stereocenters. The summed E-state index contributed by atoms with van der Waals surface area (Å²) < 4.78 is 0. The molecular weight excluding hydrogens is 226 g/mol. The van der Waals surface area contributed by atoms with Gasteiger partial charge in [-0.25, -0.2) is 0 Å². The van der Waals surface area contributed by atoms with Gasteiger partial charge in [-0.2, -0.15) is 5.26 Å². The van der Waals surface area contributed by atoms with Gasteiger partial charge in [0.25, 0.3) is 5.91 Å². The summed E-state index contributed by atoms with van der Waals surface area (Å²) in [5.74, 6) is -0.116. The fraction of sp³-hybridized carbons (Fsp3) is 0.429. The topological polar surface area (TPSA) is 56.1 Å². The van der Waals surface area contributed by atoms with Crippen LogP contribution in [0.1, 0.15) is 29.8 Å². The lowest BCUT2D eigenvalue weighted by Crippen LogP contribution is -2.48. The molecule has 0 bridgehead atoms. The molecule has 4 heteroatoms. The van der Waals surface area contributed by atoms with Crippen molar-refractivity contribution in [3.63, 3.8) is 0 Å². The van der Waals surface area contributed by atoms with Gasteiger partial charge in [-0.1, -0.05) is 0 Å². The highest BCUT2D eigenvalue weighted by Gasteiger charge is 2.21. The lowest BCUT2D eigenvalue weighted by molar-refractivity contribution is 0.0919. The first kappa shape index (κ1) is 14.2. The van der Waals surface area contributed by atoms with Gasteiger partial charge in [0.15, 0.2) is 0 Å². The number of nitrogens with one attached hydrogen (secondary N) is 1. The van der Waals surface area contributed by atoms with Gasteiger partial charge in [-0.05, 0) is 52.2 Å². The van der Waals surface area contributed by atoms with E-state index in [1.165, 1.54) is 0 Å². The van der Waals surface area contributed by atoms with Crippen LogP contribution >= 0.6 is 0 Å². The Morgan fingerprint density at radius 1 is 1.33 bits per heavy atom. The van der Waals surface area contributed by atoms with Crippen LogP contribution in [0.2, 0.25) is 0 Å². The Kier molecular flexibility index (Phi) is 4.46. The highest BCUT2D eigenvalue weighted by Crippen LogP contribution is 2.09. The maximum atomic E-state index is 11.9. The van der Waals surface area contributed by atoms with Gasteiger partial charge in [0.2, 0.25) is 0 Å². The Bertz CT molecular complexity index is 455. The molecule has 0 aliphatic rings. The molecule has 96 valence electrons. The third kappa shape index (κ3) is 3.57. The van der Waals surface area contributed by atoms with Gasteiger partial charge in [0.1, 0.15) is 0 Å². The third-order valence-corrected chi connectivity index (χ3v) is 3.17. The van der Waals surface area contributed by atoms with E-state index in [2.05, 4.69) is 24.1 Å². The van der Waals surface area contributed by atoms with E-state index < -0.39 is 0 Å². The minimum absolute atomic E-state index is 0.0950. The third-order valence-electron chi connectivity index (χ3n) is 3.17. The zero-order valence-corrected chi connectivity index (χ0v) is 11.3. The largest absolute Gasteiger partial charge is 0.350 e. The molecule has 1 N–H and O–H groups in total. The Morgan fingerprint density at radius 2 is 1.89 bits per heavy atom. The smallest absolute Gasteiger partial charge is 0.251 e. The molecule has 1 aromatic rings. The van der Waals surface area contributed by atoms with E-state index in [-0.39, 0.29) is 11.4 Å². The van der Waals surface area contributed by atoms with Crippen molar-refractivity contribution >= 4 is 5.91 Å². The van der Waals surface area contributed by atoms with Gasteiger partial charge in [0, 0.05) is 17.6 Å². The Labute approximate surface area is 108 Å². The summed E-state index contributed by atoms with van der Waals surface area (Å²) in [6.45, 7) is 4.69. The van der Waals surface area contributed by atoms with Crippen molar-refractivity contribution < 1.29 is 4.79 Å². The molecule has 0 spiro atoms. The van der Waals surface area contributed by atoms with Crippen LogP contribution in [-0.2, 0) is 0 Å². The second-order valence-corrected chi connectivity index (χ2v) is 5.08. The lowest BCUT2D eigenvalue weighted by Gasteiger charge is -2.32. The minimum Gasteiger partial charge on any atom is -0.350 e. The van der Waals surface area contributed by atoms with E-state index in [4.69, 9.17) is 5.26 Å².